The van der Waals surface area contributed by atoms with E-state index in [4.69, 9.17) is 44.8 Å². The summed E-state index contributed by atoms with van der Waals surface area (Å²) in [4.78, 5) is 0. The highest BCUT2D eigenvalue weighted by atomic mass is 35.5. The lowest BCUT2D eigenvalue weighted by molar-refractivity contribution is 0.323. The molecule has 0 aliphatic rings. The van der Waals surface area contributed by atoms with Crippen LogP contribution in [0.5, 0.6) is 5.75 Å². The van der Waals surface area contributed by atoms with E-state index in [1.807, 2.05) is 0 Å². The quantitative estimate of drug-likeness (QED) is 0.680. The van der Waals surface area contributed by atoms with Gasteiger partial charge in [-0.05, 0) is 6.07 Å². The van der Waals surface area contributed by atoms with Crippen LogP contribution in [0.15, 0.2) is 12.1 Å². The summed E-state index contributed by atoms with van der Waals surface area (Å²) in [6.45, 7) is 0. The standard InChI is InChI=1S/C7H7Cl3NO3P/c1-13-15(11,12)14-7-3-5(9)4(8)2-6(7)10/h2-3H,1H3,(H2,11,12). The Bertz CT molecular complexity index is 426. The molecule has 2 N–H and O–H groups in total. The van der Waals surface area contributed by atoms with Crippen molar-refractivity contribution in [2.45, 2.75) is 0 Å². The van der Waals surface area contributed by atoms with Gasteiger partial charge in [-0.15, -0.1) is 0 Å². The van der Waals surface area contributed by atoms with Gasteiger partial charge in [-0.25, -0.2) is 10.1 Å². The summed E-state index contributed by atoms with van der Waals surface area (Å²) in [5.41, 5.74) is 5.18. The summed E-state index contributed by atoms with van der Waals surface area (Å²) < 4.78 is 20.6. The molecule has 0 fully saturated rings. The summed E-state index contributed by atoms with van der Waals surface area (Å²) in [5, 5.41) is 0.623. The fourth-order valence-corrected chi connectivity index (χ4v) is 1.88. The second-order valence-corrected chi connectivity index (χ2v) is 5.36. The van der Waals surface area contributed by atoms with Crippen LogP contribution in [0.4, 0.5) is 0 Å². The van der Waals surface area contributed by atoms with Crippen molar-refractivity contribution in [2.75, 3.05) is 7.11 Å². The molecule has 1 aromatic rings. The Morgan fingerprint density at radius 2 is 1.73 bits per heavy atom. The maximum Gasteiger partial charge on any atom is 0.455 e. The van der Waals surface area contributed by atoms with E-state index in [-0.39, 0.29) is 20.8 Å². The lowest BCUT2D eigenvalue weighted by Gasteiger charge is -2.13. The Balaban J connectivity index is 3.06. The van der Waals surface area contributed by atoms with Crippen LogP contribution in [0.25, 0.3) is 0 Å². The summed E-state index contributed by atoms with van der Waals surface area (Å²) in [7, 11) is -2.48. The second-order valence-electron chi connectivity index (χ2n) is 2.51. The molecule has 0 bridgehead atoms. The van der Waals surface area contributed by atoms with Crippen LogP contribution in [0, 0.1) is 0 Å². The van der Waals surface area contributed by atoms with Gasteiger partial charge in [0.15, 0.2) is 5.75 Å². The molecule has 0 aliphatic carbocycles. The molecule has 1 unspecified atom stereocenters. The highest BCUT2D eigenvalue weighted by Gasteiger charge is 2.20. The van der Waals surface area contributed by atoms with Crippen LogP contribution in [-0.2, 0) is 9.09 Å². The number of nitrogens with two attached hydrogens (primary N) is 1. The summed E-state index contributed by atoms with van der Waals surface area (Å²) in [6, 6.07) is 2.67. The predicted molar refractivity (Wildman–Crippen MR) is 60.9 cm³/mol. The Morgan fingerprint density at radius 3 is 2.27 bits per heavy atom. The molecule has 15 heavy (non-hydrogen) atoms. The SMILES string of the molecule is COP(N)(=O)Oc1cc(Cl)c(Cl)cc1Cl. The first kappa shape index (κ1) is 13.1. The molecule has 0 saturated heterocycles. The van der Waals surface area contributed by atoms with E-state index in [0.29, 0.717) is 0 Å². The molecular formula is C7H7Cl3NO3P. The van der Waals surface area contributed by atoms with Crippen molar-refractivity contribution >= 4 is 42.5 Å². The first-order chi connectivity index (χ1) is 6.85. The zero-order valence-electron chi connectivity index (χ0n) is 7.54. The maximum atomic E-state index is 11.3. The lowest BCUT2D eigenvalue weighted by Crippen LogP contribution is -2.04. The molecule has 4 nitrogen and oxygen atoms in total. The lowest BCUT2D eigenvalue weighted by atomic mass is 10.3. The second kappa shape index (κ2) is 4.91. The van der Waals surface area contributed by atoms with E-state index in [1.165, 1.54) is 12.1 Å². The zero-order valence-corrected chi connectivity index (χ0v) is 10.7. The van der Waals surface area contributed by atoms with E-state index < -0.39 is 7.75 Å². The summed E-state index contributed by atoms with van der Waals surface area (Å²) in [5.74, 6) is 0.0544. The first-order valence-electron chi connectivity index (χ1n) is 3.64. The minimum Gasteiger partial charge on any atom is -0.412 e. The highest BCUT2D eigenvalue weighted by molar-refractivity contribution is 7.51. The van der Waals surface area contributed by atoms with Gasteiger partial charge in [0, 0.05) is 13.2 Å². The predicted octanol–water partition coefficient (Wildman–Crippen LogP) is 3.74. The molecule has 0 heterocycles. The molecule has 8 heteroatoms. The van der Waals surface area contributed by atoms with Crippen molar-refractivity contribution in [2.24, 2.45) is 5.50 Å². The minimum absolute atomic E-state index is 0.0544. The molecule has 0 aliphatic heterocycles. The molecule has 0 amide bonds. The third-order valence-electron chi connectivity index (χ3n) is 1.45. The van der Waals surface area contributed by atoms with Crippen LogP contribution in [-0.4, -0.2) is 7.11 Å². The number of benzene rings is 1. The molecule has 0 spiro atoms. The maximum absolute atomic E-state index is 11.3. The fourth-order valence-electron chi connectivity index (χ4n) is 0.749. The van der Waals surface area contributed by atoms with Crippen molar-refractivity contribution in [3.8, 4) is 5.75 Å². The number of rotatable bonds is 3. The van der Waals surface area contributed by atoms with Gasteiger partial charge < -0.3 is 4.52 Å². The number of halogens is 3. The van der Waals surface area contributed by atoms with Gasteiger partial charge in [-0.1, -0.05) is 34.8 Å². The third-order valence-corrected chi connectivity index (χ3v) is 3.43. The molecule has 0 saturated carbocycles. The topological polar surface area (TPSA) is 61.5 Å². The van der Waals surface area contributed by atoms with Crippen molar-refractivity contribution in [3.05, 3.63) is 27.2 Å². The molecule has 0 radical (unpaired) electrons. The van der Waals surface area contributed by atoms with Gasteiger partial charge in [0.05, 0.1) is 15.1 Å². The van der Waals surface area contributed by atoms with E-state index in [2.05, 4.69) is 4.52 Å². The smallest absolute Gasteiger partial charge is 0.412 e. The van der Waals surface area contributed by atoms with Crippen molar-refractivity contribution in [3.63, 3.8) is 0 Å². The average Bonchev–Trinajstić information content (AvgIpc) is 2.14. The average molecular weight is 290 g/mol. The van der Waals surface area contributed by atoms with Crippen LogP contribution >= 0.6 is 42.5 Å². The molecule has 84 valence electrons. The van der Waals surface area contributed by atoms with Crippen molar-refractivity contribution in [1.29, 1.82) is 0 Å². The molecule has 1 atom stereocenters. The monoisotopic (exact) mass is 289 g/mol. The molecule has 0 aromatic heterocycles. The largest absolute Gasteiger partial charge is 0.455 e. The fraction of sp³-hybridized carbons (Fsp3) is 0.143. The Kier molecular flexibility index (Phi) is 4.29. The Morgan fingerprint density at radius 1 is 1.20 bits per heavy atom. The first-order valence-corrected chi connectivity index (χ1v) is 6.39. The minimum atomic E-state index is -3.64. The van der Waals surface area contributed by atoms with Gasteiger partial charge >= 0.3 is 7.75 Å². The molecule has 1 rings (SSSR count). The third kappa shape index (κ3) is 3.52. The van der Waals surface area contributed by atoms with Gasteiger partial charge in [0.2, 0.25) is 0 Å². The van der Waals surface area contributed by atoms with Crippen LogP contribution in [0.2, 0.25) is 15.1 Å². The van der Waals surface area contributed by atoms with E-state index in [0.717, 1.165) is 7.11 Å². The number of hydrogen-bond donors (Lipinski definition) is 1. The normalized spacial score (nSPS) is 14.7. The van der Waals surface area contributed by atoms with E-state index in [9.17, 15) is 4.57 Å². The van der Waals surface area contributed by atoms with Crippen LogP contribution in [0.3, 0.4) is 0 Å². The summed E-state index contributed by atoms with van der Waals surface area (Å²) >= 11 is 17.2. The Hall–Kier alpha value is 0.0400. The van der Waals surface area contributed by atoms with Gasteiger partial charge in [0.1, 0.15) is 0 Å². The Labute approximate surface area is 102 Å². The summed E-state index contributed by atoms with van der Waals surface area (Å²) in [6.07, 6.45) is 0. The van der Waals surface area contributed by atoms with Crippen molar-refractivity contribution < 1.29 is 13.6 Å². The van der Waals surface area contributed by atoms with Gasteiger partial charge in [0.25, 0.3) is 0 Å². The molecular weight excluding hydrogens is 283 g/mol. The van der Waals surface area contributed by atoms with Gasteiger partial charge in [-0.3, -0.25) is 4.52 Å². The zero-order chi connectivity index (χ0) is 11.6. The number of hydrogen-bond acceptors (Lipinski definition) is 3. The van der Waals surface area contributed by atoms with E-state index in [1.54, 1.807) is 0 Å². The molecule has 1 aromatic carbocycles. The van der Waals surface area contributed by atoms with Crippen LogP contribution in [0.1, 0.15) is 0 Å². The van der Waals surface area contributed by atoms with Crippen molar-refractivity contribution in [1.82, 2.24) is 0 Å². The van der Waals surface area contributed by atoms with Crippen LogP contribution < -0.4 is 10.0 Å². The highest BCUT2D eigenvalue weighted by Crippen LogP contribution is 2.44. The van der Waals surface area contributed by atoms with E-state index >= 15 is 0 Å². The van der Waals surface area contributed by atoms with Gasteiger partial charge in [-0.2, -0.15) is 0 Å².